The van der Waals surface area contributed by atoms with Gasteiger partial charge in [-0.1, -0.05) is 80.4 Å². The number of unbranched alkanes of at least 4 members (excludes halogenated alkanes) is 2. The predicted octanol–water partition coefficient (Wildman–Crippen LogP) is 5.18. The van der Waals surface area contributed by atoms with E-state index in [0.717, 1.165) is 6.61 Å². The van der Waals surface area contributed by atoms with Crippen LogP contribution in [0.3, 0.4) is 0 Å². The van der Waals surface area contributed by atoms with E-state index >= 15 is 0 Å². The molecule has 2 aromatic rings. The highest BCUT2D eigenvalue weighted by Gasteiger charge is 1.91. The van der Waals surface area contributed by atoms with Crippen molar-refractivity contribution in [2.45, 2.75) is 26.2 Å². The number of methoxy groups -OCH3 is 1. The van der Waals surface area contributed by atoms with Crippen molar-refractivity contribution in [3.8, 4) is 11.1 Å². The topological polar surface area (TPSA) is 9.23 Å². The molecule has 0 atom stereocenters. The van der Waals surface area contributed by atoms with Crippen LogP contribution in [0, 0.1) is 0 Å². The van der Waals surface area contributed by atoms with Crippen molar-refractivity contribution in [2.75, 3.05) is 13.7 Å². The summed E-state index contributed by atoms with van der Waals surface area (Å²) in [5.74, 6) is 0. The van der Waals surface area contributed by atoms with Crippen LogP contribution in [-0.2, 0) is 4.74 Å². The molecule has 1 heteroatoms. The average Bonchev–Trinajstić information content (AvgIpc) is 2.50. The van der Waals surface area contributed by atoms with E-state index < -0.39 is 0 Å². The Morgan fingerprint density at radius 1 is 0.737 bits per heavy atom. The minimum Gasteiger partial charge on any atom is -0.385 e. The van der Waals surface area contributed by atoms with Crippen molar-refractivity contribution in [3.63, 3.8) is 0 Å². The summed E-state index contributed by atoms with van der Waals surface area (Å²) in [4.78, 5) is 0. The molecule has 0 aromatic heterocycles. The van der Waals surface area contributed by atoms with Gasteiger partial charge in [-0.3, -0.25) is 0 Å². The van der Waals surface area contributed by atoms with Crippen molar-refractivity contribution in [2.24, 2.45) is 0 Å². The molecular weight excluding hydrogens is 232 g/mol. The van der Waals surface area contributed by atoms with E-state index in [4.69, 9.17) is 4.74 Å². The monoisotopic (exact) mass is 256 g/mol. The largest absolute Gasteiger partial charge is 0.385 e. The summed E-state index contributed by atoms with van der Waals surface area (Å²) in [6.07, 6.45) is 3.80. The maximum Gasteiger partial charge on any atom is 0.0462 e. The Morgan fingerprint density at radius 3 is 1.58 bits per heavy atom. The zero-order valence-electron chi connectivity index (χ0n) is 12.0. The second kappa shape index (κ2) is 10.3. The van der Waals surface area contributed by atoms with Crippen LogP contribution in [0.2, 0.25) is 0 Å². The Kier molecular flexibility index (Phi) is 8.41. The third-order valence-electron chi connectivity index (χ3n) is 2.83. The van der Waals surface area contributed by atoms with Gasteiger partial charge < -0.3 is 4.74 Å². The van der Waals surface area contributed by atoms with Gasteiger partial charge in [0.25, 0.3) is 0 Å². The van der Waals surface area contributed by atoms with Gasteiger partial charge in [0.2, 0.25) is 0 Å². The molecule has 2 rings (SSSR count). The van der Waals surface area contributed by atoms with E-state index in [2.05, 4.69) is 55.5 Å². The summed E-state index contributed by atoms with van der Waals surface area (Å²) in [5.41, 5.74) is 2.55. The molecule has 1 nitrogen and oxygen atoms in total. The number of hydrogen-bond donors (Lipinski definition) is 0. The van der Waals surface area contributed by atoms with Gasteiger partial charge in [0.15, 0.2) is 0 Å². The standard InChI is InChI=1S/C12H10.C6H14O/c1-3-7-11(8-4-1)12-9-5-2-6-10-12;1-3-4-5-6-7-2/h1-10H;3-6H2,1-2H3. The SMILES string of the molecule is CCCCCOC.c1ccc(-c2ccccc2)cc1. The molecule has 0 N–H and O–H groups in total. The molecule has 0 spiro atoms. The van der Waals surface area contributed by atoms with E-state index in [1.807, 2.05) is 12.1 Å². The number of hydrogen-bond acceptors (Lipinski definition) is 1. The highest BCUT2D eigenvalue weighted by molar-refractivity contribution is 5.62. The van der Waals surface area contributed by atoms with E-state index in [1.54, 1.807) is 7.11 Å². The molecule has 19 heavy (non-hydrogen) atoms. The minimum atomic E-state index is 0.924. The molecule has 0 saturated carbocycles. The lowest BCUT2D eigenvalue weighted by atomic mass is 10.1. The fourth-order valence-corrected chi connectivity index (χ4v) is 1.76. The van der Waals surface area contributed by atoms with E-state index in [9.17, 15) is 0 Å². The third-order valence-corrected chi connectivity index (χ3v) is 2.83. The van der Waals surface area contributed by atoms with Gasteiger partial charge in [0.1, 0.15) is 0 Å². The van der Waals surface area contributed by atoms with Crippen molar-refractivity contribution in [1.82, 2.24) is 0 Å². The second-order valence-corrected chi connectivity index (χ2v) is 4.43. The van der Waals surface area contributed by atoms with Crippen molar-refractivity contribution < 1.29 is 4.74 Å². The van der Waals surface area contributed by atoms with Crippen LogP contribution < -0.4 is 0 Å². The molecule has 0 heterocycles. The summed E-state index contributed by atoms with van der Waals surface area (Å²) < 4.78 is 4.84. The highest BCUT2D eigenvalue weighted by atomic mass is 16.5. The molecule has 0 bridgehead atoms. The van der Waals surface area contributed by atoms with Crippen LogP contribution in [-0.4, -0.2) is 13.7 Å². The molecule has 102 valence electrons. The number of ether oxygens (including phenoxy) is 1. The first-order valence-corrected chi connectivity index (χ1v) is 6.98. The van der Waals surface area contributed by atoms with Gasteiger partial charge in [0, 0.05) is 13.7 Å². The summed E-state index contributed by atoms with van der Waals surface area (Å²) in [6.45, 7) is 3.11. The predicted molar refractivity (Wildman–Crippen MR) is 83.3 cm³/mol. The molecular formula is C18H24O. The molecule has 0 radical (unpaired) electrons. The average molecular weight is 256 g/mol. The van der Waals surface area contributed by atoms with Crippen LogP contribution >= 0.6 is 0 Å². The van der Waals surface area contributed by atoms with Crippen molar-refractivity contribution in [3.05, 3.63) is 60.7 Å². The lowest BCUT2D eigenvalue weighted by molar-refractivity contribution is 0.192. The van der Waals surface area contributed by atoms with E-state index in [-0.39, 0.29) is 0 Å². The Bertz CT molecular complexity index is 367. The Morgan fingerprint density at radius 2 is 1.21 bits per heavy atom. The minimum absolute atomic E-state index is 0.924. The van der Waals surface area contributed by atoms with Gasteiger partial charge >= 0.3 is 0 Å². The molecule has 0 aliphatic rings. The fraction of sp³-hybridized carbons (Fsp3) is 0.333. The van der Waals surface area contributed by atoms with Crippen molar-refractivity contribution in [1.29, 1.82) is 0 Å². The van der Waals surface area contributed by atoms with E-state index in [0.29, 0.717) is 0 Å². The summed E-state index contributed by atoms with van der Waals surface area (Å²) in [6, 6.07) is 20.8. The lowest BCUT2D eigenvalue weighted by Gasteiger charge is -1.98. The summed E-state index contributed by atoms with van der Waals surface area (Å²) in [7, 11) is 1.75. The van der Waals surface area contributed by atoms with Crippen LogP contribution in [0.1, 0.15) is 26.2 Å². The maximum atomic E-state index is 4.84. The molecule has 2 aromatic carbocycles. The highest BCUT2D eigenvalue weighted by Crippen LogP contribution is 2.17. The lowest BCUT2D eigenvalue weighted by Crippen LogP contribution is -1.85. The van der Waals surface area contributed by atoms with Gasteiger partial charge in [-0.2, -0.15) is 0 Å². The first-order chi connectivity index (χ1) is 9.38. The maximum absolute atomic E-state index is 4.84. The van der Waals surface area contributed by atoms with E-state index in [1.165, 1.54) is 30.4 Å². The smallest absolute Gasteiger partial charge is 0.0462 e. The molecule has 0 saturated heterocycles. The summed E-state index contributed by atoms with van der Waals surface area (Å²) >= 11 is 0. The Hall–Kier alpha value is -1.60. The quantitative estimate of drug-likeness (QED) is 0.670. The third kappa shape index (κ3) is 6.78. The van der Waals surface area contributed by atoms with Crippen molar-refractivity contribution >= 4 is 0 Å². The fourth-order valence-electron chi connectivity index (χ4n) is 1.76. The van der Waals surface area contributed by atoms with Crippen LogP contribution in [0.5, 0.6) is 0 Å². The van der Waals surface area contributed by atoms with Gasteiger partial charge in [0.05, 0.1) is 0 Å². The first-order valence-electron chi connectivity index (χ1n) is 6.98. The first kappa shape index (κ1) is 15.5. The second-order valence-electron chi connectivity index (χ2n) is 4.43. The zero-order chi connectivity index (χ0) is 13.8. The summed E-state index contributed by atoms with van der Waals surface area (Å²) in [5, 5.41) is 0. The molecule has 0 aliphatic heterocycles. The van der Waals surface area contributed by atoms with Crippen LogP contribution in [0.4, 0.5) is 0 Å². The molecule has 0 amide bonds. The van der Waals surface area contributed by atoms with Gasteiger partial charge in [-0.25, -0.2) is 0 Å². The van der Waals surface area contributed by atoms with Gasteiger partial charge in [-0.15, -0.1) is 0 Å². The van der Waals surface area contributed by atoms with Gasteiger partial charge in [-0.05, 0) is 17.5 Å². The Balaban J connectivity index is 0.000000224. The zero-order valence-corrected chi connectivity index (χ0v) is 12.0. The number of rotatable bonds is 5. The van der Waals surface area contributed by atoms with Crippen LogP contribution in [0.15, 0.2) is 60.7 Å². The molecule has 0 aliphatic carbocycles. The number of benzene rings is 2. The normalized spacial score (nSPS) is 9.58. The molecule has 0 fully saturated rings. The van der Waals surface area contributed by atoms with Crippen LogP contribution in [0.25, 0.3) is 11.1 Å². The molecule has 0 unspecified atom stereocenters. The Labute approximate surface area is 117 Å².